The molecule has 0 saturated heterocycles. The molecule has 2 rings (SSSR count). The number of aromatic nitrogens is 4. The zero-order valence-electron chi connectivity index (χ0n) is 6.84. The highest BCUT2D eigenvalue weighted by Crippen LogP contribution is 2.06. The predicted molar refractivity (Wildman–Crippen MR) is 46.5 cm³/mol. The minimum Gasteiger partial charge on any atom is -0.285 e. The molecule has 0 aliphatic rings. The summed E-state index contributed by atoms with van der Waals surface area (Å²) in [6.45, 7) is 0. The SMILES string of the molecule is Cn1ncc(C(=O)c2cscn2)n1. The van der Waals surface area contributed by atoms with Crippen LogP contribution in [0.15, 0.2) is 17.1 Å². The molecule has 2 heterocycles. The number of hydrogen-bond acceptors (Lipinski definition) is 5. The third-order valence-corrected chi connectivity index (χ3v) is 2.08. The maximum atomic E-state index is 11.5. The normalized spacial score (nSPS) is 10.2. The van der Waals surface area contributed by atoms with E-state index in [2.05, 4.69) is 15.2 Å². The van der Waals surface area contributed by atoms with Gasteiger partial charge in [-0.2, -0.15) is 15.0 Å². The van der Waals surface area contributed by atoms with Gasteiger partial charge in [-0.3, -0.25) is 4.79 Å². The molecule has 6 heteroatoms. The monoisotopic (exact) mass is 194 g/mol. The first kappa shape index (κ1) is 8.06. The van der Waals surface area contributed by atoms with Gasteiger partial charge in [-0.25, -0.2) is 4.98 Å². The van der Waals surface area contributed by atoms with E-state index in [1.54, 1.807) is 17.9 Å². The largest absolute Gasteiger partial charge is 0.285 e. The van der Waals surface area contributed by atoms with Gasteiger partial charge in [-0.1, -0.05) is 0 Å². The Bertz CT molecular complexity index is 419. The summed E-state index contributed by atoms with van der Waals surface area (Å²) < 4.78 is 0. The Morgan fingerprint density at radius 3 is 2.92 bits per heavy atom. The third kappa shape index (κ3) is 1.48. The topological polar surface area (TPSA) is 60.7 Å². The molecule has 0 N–H and O–H groups in total. The summed E-state index contributed by atoms with van der Waals surface area (Å²) in [5, 5.41) is 9.39. The van der Waals surface area contributed by atoms with Gasteiger partial charge in [0.15, 0.2) is 5.69 Å². The van der Waals surface area contributed by atoms with E-state index in [9.17, 15) is 4.79 Å². The van der Waals surface area contributed by atoms with Gasteiger partial charge in [-0.05, 0) is 0 Å². The van der Waals surface area contributed by atoms with Crippen LogP contribution in [0.2, 0.25) is 0 Å². The fourth-order valence-corrected chi connectivity index (χ4v) is 1.44. The standard InChI is InChI=1S/C7H6N4OS/c1-11-9-2-5(10-11)7(12)6-3-13-4-8-6/h2-4H,1H3. The van der Waals surface area contributed by atoms with Gasteiger partial charge >= 0.3 is 0 Å². The van der Waals surface area contributed by atoms with Gasteiger partial charge < -0.3 is 0 Å². The Kier molecular flexibility index (Phi) is 1.90. The van der Waals surface area contributed by atoms with Crippen LogP contribution in [0.3, 0.4) is 0 Å². The minimum absolute atomic E-state index is 0.186. The van der Waals surface area contributed by atoms with E-state index in [1.807, 2.05) is 0 Å². The van der Waals surface area contributed by atoms with Crippen LogP contribution in [0.25, 0.3) is 0 Å². The van der Waals surface area contributed by atoms with Gasteiger partial charge in [0.25, 0.3) is 0 Å². The van der Waals surface area contributed by atoms with Crippen molar-refractivity contribution in [2.75, 3.05) is 0 Å². The molecule has 5 nitrogen and oxygen atoms in total. The number of carbonyl (C=O) groups is 1. The molecule has 0 saturated carbocycles. The Balaban J connectivity index is 2.33. The molecule has 0 amide bonds. The van der Waals surface area contributed by atoms with Crippen LogP contribution in [0.4, 0.5) is 0 Å². The summed E-state index contributed by atoms with van der Waals surface area (Å²) in [7, 11) is 1.66. The zero-order valence-corrected chi connectivity index (χ0v) is 7.65. The minimum atomic E-state index is -0.186. The summed E-state index contributed by atoms with van der Waals surface area (Å²) in [5.41, 5.74) is 2.36. The van der Waals surface area contributed by atoms with Crippen molar-refractivity contribution in [3.63, 3.8) is 0 Å². The maximum absolute atomic E-state index is 11.5. The molecule has 0 aliphatic heterocycles. The Hall–Kier alpha value is -1.56. The number of ketones is 1. The first-order chi connectivity index (χ1) is 6.27. The third-order valence-electron chi connectivity index (χ3n) is 1.50. The number of thiazole rings is 1. The van der Waals surface area contributed by atoms with Crippen LogP contribution < -0.4 is 0 Å². The van der Waals surface area contributed by atoms with Gasteiger partial charge in [-0.15, -0.1) is 11.3 Å². The van der Waals surface area contributed by atoms with Crippen LogP contribution in [0, 0.1) is 0 Å². The molecule has 0 aromatic carbocycles. The summed E-state index contributed by atoms with van der Waals surface area (Å²) in [6, 6.07) is 0. The molecule has 66 valence electrons. The zero-order chi connectivity index (χ0) is 9.26. The van der Waals surface area contributed by atoms with Crippen molar-refractivity contribution in [3.8, 4) is 0 Å². The fraction of sp³-hybridized carbons (Fsp3) is 0.143. The summed E-state index contributed by atoms with van der Waals surface area (Å²) in [4.78, 5) is 16.8. The number of rotatable bonds is 2. The van der Waals surface area contributed by atoms with Crippen molar-refractivity contribution in [2.45, 2.75) is 0 Å². The molecule has 0 spiro atoms. The van der Waals surface area contributed by atoms with E-state index in [4.69, 9.17) is 0 Å². The Labute approximate surface area is 78.0 Å². The second-order valence-corrected chi connectivity index (χ2v) is 3.14. The van der Waals surface area contributed by atoms with Gasteiger partial charge in [0, 0.05) is 12.4 Å². The van der Waals surface area contributed by atoms with E-state index in [1.165, 1.54) is 22.3 Å². The lowest BCUT2D eigenvalue weighted by Crippen LogP contribution is -2.03. The lowest BCUT2D eigenvalue weighted by atomic mass is 10.2. The number of nitrogens with zero attached hydrogens (tertiary/aromatic N) is 4. The van der Waals surface area contributed by atoms with Crippen LogP contribution in [0.1, 0.15) is 16.2 Å². The van der Waals surface area contributed by atoms with Crippen molar-refractivity contribution in [1.82, 2.24) is 20.0 Å². The first-order valence-electron chi connectivity index (χ1n) is 3.56. The van der Waals surface area contributed by atoms with Crippen LogP contribution in [-0.2, 0) is 7.05 Å². The number of carbonyl (C=O) groups excluding carboxylic acids is 1. The second-order valence-electron chi connectivity index (χ2n) is 2.42. The molecule has 13 heavy (non-hydrogen) atoms. The van der Waals surface area contributed by atoms with E-state index in [0.29, 0.717) is 11.4 Å². The Morgan fingerprint density at radius 2 is 2.38 bits per heavy atom. The first-order valence-corrected chi connectivity index (χ1v) is 4.51. The summed E-state index contributed by atoms with van der Waals surface area (Å²) in [5.74, 6) is -0.186. The van der Waals surface area contributed by atoms with Crippen LogP contribution in [0.5, 0.6) is 0 Å². The van der Waals surface area contributed by atoms with Crippen LogP contribution >= 0.6 is 11.3 Å². The lowest BCUT2D eigenvalue weighted by Gasteiger charge is -1.88. The van der Waals surface area contributed by atoms with Crippen molar-refractivity contribution in [2.24, 2.45) is 7.05 Å². The molecule has 0 radical (unpaired) electrons. The average molecular weight is 194 g/mol. The molecular weight excluding hydrogens is 188 g/mol. The van der Waals surface area contributed by atoms with E-state index in [0.717, 1.165) is 0 Å². The average Bonchev–Trinajstić information content (AvgIpc) is 2.72. The second kappa shape index (κ2) is 3.06. The maximum Gasteiger partial charge on any atom is 0.234 e. The highest BCUT2D eigenvalue weighted by Gasteiger charge is 2.13. The number of hydrogen-bond donors (Lipinski definition) is 0. The highest BCUT2D eigenvalue weighted by molar-refractivity contribution is 7.07. The summed E-state index contributed by atoms with van der Waals surface area (Å²) >= 11 is 1.38. The van der Waals surface area contributed by atoms with E-state index < -0.39 is 0 Å². The fourth-order valence-electron chi connectivity index (χ4n) is 0.906. The predicted octanol–water partition coefficient (Wildman–Crippen LogP) is 0.503. The molecule has 2 aromatic rings. The Morgan fingerprint density at radius 1 is 1.54 bits per heavy atom. The van der Waals surface area contributed by atoms with E-state index >= 15 is 0 Å². The van der Waals surface area contributed by atoms with Gasteiger partial charge in [0.05, 0.1) is 11.7 Å². The molecule has 0 aliphatic carbocycles. The van der Waals surface area contributed by atoms with Gasteiger partial charge in [0.1, 0.15) is 5.69 Å². The number of aryl methyl sites for hydroxylation is 1. The smallest absolute Gasteiger partial charge is 0.234 e. The quantitative estimate of drug-likeness (QED) is 0.653. The molecule has 2 aromatic heterocycles. The molecule has 0 unspecified atom stereocenters. The molecule has 0 bridgehead atoms. The molecule has 0 fully saturated rings. The van der Waals surface area contributed by atoms with Crippen molar-refractivity contribution >= 4 is 17.1 Å². The lowest BCUT2D eigenvalue weighted by molar-refractivity contribution is 0.103. The summed E-state index contributed by atoms with van der Waals surface area (Å²) in [6.07, 6.45) is 1.43. The highest BCUT2D eigenvalue weighted by atomic mass is 32.1. The van der Waals surface area contributed by atoms with Gasteiger partial charge in [0.2, 0.25) is 5.78 Å². The van der Waals surface area contributed by atoms with E-state index in [-0.39, 0.29) is 5.78 Å². The molecule has 0 atom stereocenters. The van der Waals surface area contributed by atoms with Crippen molar-refractivity contribution in [3.05, 3.63) is 28.5 Å². The van der Waals surface area contributed by atoms with Crippen LogP contribution in [-0.4, -0.2) is 25.8 Å². The van der Waals surface area contributed by atoms with Crippen molar-refractivity contribution in [1.29, 1.82) is 0 Å². The molecular formula is C7H6N4OS. The van der Waals surface area contributed by atoms with Crippen molar-refractivity contribution < 1.29 is 4.79 Å².